The molecule has 4 rings (SSSR count). The van der Waals surface area contributed by atoms with Gasteiger partial charge in [0.05, 0.1) is 6.61 Å². The van der Waals surface area contributed by atoms with E-state index in [-0.39, 0.29) is 5.75 Å². The van der Waals surface area contributed by atoms with Gasteiger partial charge in [0.1, 0.15) is 11.5 Å². The predicted octanol–water partition coefficient (Wildman–Crippen LogP) is 8.85. The van der Waals surface area contributed by atoms with Gasteiger partial charge < -0.3 is 15.2 Å². The molecule has 0 bridgehead atoms. The number of phenols is 1. The average molecular weight is 480 g/mol. The standard InChI is InChI=1S/C33H37NO2/c1-23(2)26-16-10-17-27(24(3)4)32(26)34-21-12-22-36-31-20-9-8-15-29(31)30-19-11-18-28(33(30)35)25-13-6-5-7-14-25/h5-11,13-20,23-24,34-35H,12,21-22H2,1-4H3. The molecule has 2 N–H and O–H groups in total. The van der Waals surface area contributed by atoms with Crippen molar-refractivity contribution in [2.75, 3.05) is 18.5 Å². The van der Waals surface area contributed by atoms with Crippen molar-refractivity contribution in [3.63, 3.8) is 0 Å². The van der Waals surface area contributed by atoms with Gasteiger partial charge >= 0.3 is 0 Å². The molecule has 0 aliphatic rings. The Morgan fingerprint density at radius 2 is 1.25 bits per heavy atom. The van der Waals surface area contributed by atoms with Gasteiger partial charge in [-0.15, -0.1) is 0 Å². The fourth-order valence-electron chi connectivity index (χ4n) is 4.65. The Balaban J connectivity index is 1.46. The first kappa shape index (κ1) is 25.4. The number of anilines is 1. The van der Waals surface area contributed by atoms with E-state index in [2.05, 4.69) is 51.2 Å². The molecule has 4 aromatic rings. The molecule has 36 heavy (non-hydrogen) atoms. The maximum atomic E-state index is 11.1. The number of rotatable bonds is 10. The maximum absolute atomic E-state index is 11.1. The third-order valence-electron chi connectivity index (χ3n) is 6.55. The van der Waals surface area contributed by atoms with Gasteiger partial charge in [0.2, 0.25) is 0 Å². The van der Waals surface area contributed by atoms with Gasteiger partial charge in [-0.25, -0.2) is 0 Å². The SMILES string of the molecule is CC(C)c1cccc(C(C)C)c1NCCCOc1ccccc1-c1cccc(-c2ccccc2)c1O. The summed E-state index contributed by atoms with van der Waals surface area (Å²) in [5.74, 6) is 1.98. The zero-order chi connectivity index (χ0) is 25.5. The van der Waals surface area contributed by atoms with Crippen molar-refractivity contribution in [2.45, 2.75) is 46.0 Å². The third kappa shape index (κ3) is 5.73. The van der Waals surface area contributed by atoms with E-state index in [9.17, 15) is 5.11 Å². The molecule has 0 aliphatic carbocycles. The Kier molecular flexibility index (Phi) is 8.32. The molecule has 0 unspecified atom stereocenters. The normalized spacial score (nSPS) is 11.2. The van der Waals surface area contributed by atoms with E-state index in [4.69, 9.17) is 4.74 Å². The number of nitrogens with one attached hydrogen (secondary N) is 1. The van der Waals surface area contributed by atoms with Crippen LogP contribution in [0.15, 0.2) is 91.0 Å². The lowest BCUT2D eigenvalue weighted by molar-refractivity contribution is 0.316. The molecule has 0 heterocycles. The number of para-hydroxylation sites is 3. The van der Waals surface area contributed by atoms with E-state index in [1.807, 2.05) is 72.8 Å². The minimum atomic E-state index is 0.271. The highest BCUT2D eigenvalue weighted by molar-refractivity contribution is 5.84. The topological polar surface area (TPSA) is 41.5 Å². The fourth-order valence-corrected chi connectivity index (χ4v) is 4.65. The molecule has 0 spiro atoms. The first-order valence-electron chi connectivity index (χ1n) is 12.9. The molecular weight excluding hydrogens is 442 g/mol. The minimum Gasteiger partial charge on any atom is -0.507 e. The molecule has 0 saturated carbocycles. The van der Waals surface area contributed by atoms with Crippen molar-refractivity contribution in [3.05, 3.63) is 102 Å². The Labute approximate surface area is 215 Å². The highest BCUT2D eigenvalue weighted by Crippen LogP contribution is 2.41. The molecule has 0 aliphatic heterocycles. The predicted molar refractivity (Wildman–Crippen MR) is 152 cm³/mol. The van der Waals surface area contributed by atoms with Crippen LogP contribution in [0.4, 0.5) is 5.69 Å². The molecule has 0 amide bonds. The molecule has 3 heteroatoms. The monoisotopic (exact) mass is 479 g/mol. The highest BCUT2D eigenvalue weighted by Gasteiger charge is 2.15. The summed E-state index contributed by atoms with van der Waals surface area (Å²) in [6.45, 7) is 10.4. The Hall–Kier alpha value is -3.72. The minimum absolute atomic E-state index is 0.271. The van der Waals surface area contributed by atoms with Crippen LogP contribution in [0.25, 0.3) is 22.3 Å². The number of hydrogen-bond donors (Lipinski definition) is 2. The number of hydrogen-bond acceptors (Lipinski definition) is 3. The van der Waals surface area contributed by atoms with Crippen LogP contribution in [0.2, 0.25) is 0 Å². The Morgan fingerprint density at radius 3 is 1.94 bits per heavy atom. The van der Waals surface area contributed by atoms with E-state index in [0.717, 1.165) is 41.0 Å². The molecule has 0 fully saturated rings. The van der Waals surface area contributed by atoms with Crippen molar-refractivity contribution in [1.29, 1.82) is 0 Å². The maximum Gasteiger partial charge on any atom is 0.131 e. The van der Waals surface area contributed by atoms with Gasteiger partial charge in [-0.3, -0.25) is 0 Å². The summed E-state index contributed by atoms with van der Waals surface area (Å²) in [5.41, 5.74) is 7.47. The highest BCUT2D eigenvalue weighted by atomic mass is 16.5. The molecule has 0 saturated heterocycles. The molecule has 4 aromatic carbocycles. The zero-order valence-electron chi connectivity index (χ0n) is 21.8. The second-order valence-electron chi connectivity index (χ2n) is 9.81. The smallest absolute Gasteiger partial charge is 0.131 e. The summed E-state index contributed by atoms with van der Waals surface area (Å²) in [7, 11) is 0. The van der Waals surface area contributed by atoms with Gasteiger partial charge in [0.15, 0.2) is 0 Å². The Morgan fingerprint density at radius 1 is 0.667 bits per heavy atom. The summed E-state index contributed by atoms with van der Waals surface area (Å²) >= 11 is 0. The van der Waals surface area contributed by atoms with Gasteiger partial charge in [-0.2, -0.15) is 0 Å². The van der Waals surface area contributed by atoms with Crippen molar-refractivity contribution < 1.29 is 9.84 Å². The van der Waals surface area contributed by atoms with E-state index in [1.54, 1.807) is 0 Å². The summed E-state index contributed by atoms with van der Waals surface area (Å²) in [6, 6.07) is 30.4. The molecule has 0 aromatic heterocycles. The second kappa shape index (κ2) is 11.8. The first-order valence-corrected chi connectivity index (χ1v) is 12.9. The van der Waals surface area contributed by atoms with Crippen molar-refractivity contribution in [3.8, 4) is 33.8 Å². The molecule has 3 nitrogen and oxygen atoms in total. The van der Waals surface area contributed by atoms with Crippen LogP contribution in [0.1, 0.15) is 57.1 Å². The first-order chi connectivity index (χ1) is 17.5. The lowest BCUT2D eigenvalue weighted by Gasteiger charge is -2.21. The molecule has 0 atom stereocenters. The quantitative estimate of drug-likeness (QED) is 0.223. The molecule has 186 valence electrons. The van der Waals surface area contributed by atoms with Gasteiger partial charge in [-0.1, -0.05) is 113 Å². The molecule has 0 radical (unpaired) electrons. The van der Waals surface area contributed by atoms with E-state index in [0.29, 0.717) is 18.4 Å². The van der Waals surface area contributed by atoms with Gasteiger partial charge in [0, 0.05) is 28.9 Å². The Bertz CT molecular complexity index is 1250. The van der Waals surface area contributed by atoms with Crippen molar-refractivity contribution in [1.82, 2.24) is 0 Å². The summed E-state index contributed by atoms with van der Waals surface area (Å²) in [6.07, 6.45) is 0.869. The van der Waals surface area contributed by atoms with Crippen molar-refractivity contribution >= 4 is 5.69 Å². The number of phenolic OH excluding ortho intramolecular Hbond substituents is 1. The fraction of sp³-hybridized carbons (Fsp3) is 0.273. The summed E-state index contributed by atoms with van der Waals surface area (Å²) < 4.78 is 6.23. The van der Waals surface area contributed by atoms with Crippen LogP contribution in [-0.4, -0.2) is 18.3 Å². The van der Waals surface area contributed by atoms with E-state index >= 15 is 0 Å². The lowest BCUT2D eigenvalue weighted by atomic mass is 9.92. The lowest BCUT2D eigenvalue weighted by Crippen LogP contribution is -2.11. The zero-order valence-corrected chi connectivity index (χ0v) is 21.8. The largest absolute Gasteiger partial charge is 0.507 e. The van der Waals surface area contributed by atoms with Crippen molar-refractivity contribution in [2.24, 2.45) is 0 Å². The number of aromatic hydroxyl groups is 1. The number of benzene rings is 4. The third-order valence-corrected chi connectivity index (χ3v) is 6.55. The van der Waals surface area contributed by atoms with Crippen LogP contribution in [0.3, 0.4) is 0 Å². The van der Waals surface area contributed by atoms with Crippen LogP contribution in [0, 0.1) is 0 Å². The van der Waals surface area contributed by atoms with E-state index < -0.39 is 0 Å². The van der Waals surface area contributed by atoms with Gasteiger partial charge in [-0.05, 0) is 41.0 Å². The van der Waals surface area contributed by atoms with E-state index in [1.165, 1.54) is 16.8 Å². The van der Waals surface area contributed by atoms with Crippen LogP contribution in [0.5, 0.6) is 11.5 Å². The number of ether oxygens (including phenoxy) is 1. The van der Waals surface area contributed by atoms with Crippen LogP contribution < -0.4 is 10.1 Å². The van der Waals surface area contributed by atoms with Gasteiger partial charge in [0.25, 0.3) is 0 Å². The summed E-state index contributed by atoms with van der Waals surface area (Å²) in [5, 5.41) is 14.8. The van der Waals surface area contributed by atoms with Crippen LogP contribution in [-0.2, 0) is 0 Å². The molecular formula is C33H37NO2. The average Bonchev–Trinajstić information content (AvgIpc) is 2.89. The summed E-state index contributed by atoms with van der Waals surface area (Å²) in [4.78, 5) is 0. The second-order valence-corrected chi connectivity index (χ2v) is 9.81. The van der Waals surface area contributed by atoms with Crippen LogP contribution >= 0.6 is 0 Å².